The van der Waals surface area contributed by atoms with E-state index in [0.29, 0.717) is 13.2 Å². The van der Waals surface area contributed by atoms with Gasteiger partial charge in [0.05, 0.1) is 6.61 Å². The Labute approximate surface area is 156 Å². The van der Waals surface area contributed by atoms with Gasteiger partial charge in [0.2, 0.25) is 0 Å². The van der Waals surface area contributed by atoms with E-state index in [1.807, 2.05) is 25.1 Å². The minimum atomic E-state index is -0.253. The number of rotatable bonds is 8. The first-order valence-electron chi connectivity index (χ1n) is 7.62. The van der Waals surface area contributed by atoms with Gasteiger partial charge in [0.25, 0.3) is 0 Å². The molecular formula is C18H22BrClFNO2. The monoisotopic (exact) mass is 417 g/mol. The van der Waals surface area contributed by atoms with Crippen molar-refractivity contribution in [2.24, 2.45) is 0 Å². The predicted molar refractivity (Wildman–Crippen MR) is 100 cm³/mol. The molecular weight excluding hydrogens is 397 g/mol. The third-order valence-corrected chi connectivity index (χ3v) is 4.12. The summed E-state index contributed by atoms with van der Waals surface area (Å²) in [6.45, 7) is 3.13. The van der Waals surface area contributed by atoms with E-state index in [1.165, 1.54) is 12.1 Å². The van der Waals surface area contributed by atoms with E-state index in [1.54, 1.807) is 12.1 Å². The number of ether oxygens (including phenoxy) is 1. The van der Waals surface area contributed by atoms with Crippen LogP contribution in [0.3, 0.4) is 0 Å². The summed E-state index contributed by atoms with van der Waals surface area (Å²) in [5.74, 6) is 0.523. The van der Waals surface area contributed by atoms with Crippen molar-refractivity contribution < 1.29 is 14.2 Å². The molecule has 0 aromatic heterocycles. The molecule has 24 heavy (non-hydrogen) atoms. The number of nitrogens with one attached hydrogen (secondary N) is 1. The highest BCUT2D eigenvalue weighted by atomic mass is 79.9. The number of aliphatic hydroxyl groups excluding tert-OH is 1. The van der Waals surface area contributed by atoms with Crippen LogP contribution < -0.4 is 10.1 Å². The number of halogens is 3. The summed E-state index contributed by atoms with van der Waals surface area (Å²) in [7, 11) is 0. The van der Waals surface area contributed by atoms with Gasteiger partial charge in [-0.05, 0) is 42.3 Å². The van der Waals surface area contributed by atoms with E-state index < -0.39 is 0 Å². The molecule has 2 aromatic carbocycles. The van der Waals surface area contributed by atoms with E-state index in [4.69, 9.17) is 4.74 Å². The Morgan fingerprint density at radius 2 is 1.92 bits per heavy atom. The highest BCUT2D eigenvalue weighted by Gasteiger charge is 2.09. The second-order valence-electron chi connectivity index (χ2n) is 5.34. The molecule has 0 aliphatic carbocycles. The lowest BCUT2D eigenvalue weighted by Gasteiger charge is -2.17. The van der Waals surface area contributed by atoms with E-state index in [-0.39, 0.29) is 30.9 Å². The van der Waals surface area contributed by atoms with Crippen molar-refractivity contribution in [1.82, 2.24) is 5.32 Å². The Balaban J connectivity index is 0.00000288. The van der Waals surface area contributed by atoms with Crippen LogP contribution >= 0.6 is 28.3 Å². The molecule has 1 atom stereocenters. The van der Waals surface area contributed by atoms with Crippen molar-refractivity contribution in [1.29, 1.82) is 0 Å². The molecule has 0 aliphatic heterocycles. The molecule has 0 saturated carbocycles. The van der Waals surface area contributed by atoms with Crippen molar-refractivity contribution in [3.8, 4) is 5.75 Å². The van der Waals surface area contributed by atoms with E-state index >= 15 is 0 Å². The predicted octanol–water partition coefficient (Wildman–Crippen LogP) is 4.45. The molecule has 0 fully saturated rings. The number of aliphatic hydroxyl groups is 1. The second-order valence-corrected chi connectivity index (χ2v) is 6.25. The van der Waals surface area contributed by atoms with Crippen LogP contribution in [-0.4, -0.2) is 17.8 Å². The van der Waals surface area contributed by atoms with Crippen LogP contribution in [0.15, 0.2) is 46.9 Å². The highest BCUT2D eigenvalue weighted by Crippen LogP contribution is 2.24. The molecule has 2 rings (SSSR count). The maximum atomic E-state index is 12.9. The SMILES string of the molecule is CCC(CO)NCc1cc(Br)ccc1OCc1ccc(F)cc1.Cl. The Morgan fingerprint density at radius 3 is 2.54 bits per heavy atom. The van der Waals surface area contributed by atoms with Crippen molar-refractivity contribution in [3.63, 3.8) is 0 Å². The maximum absolute atomic E-state index is 12.9. The number of hydrogen-bond acceptors (Lipinski definition) is 3. The van der Waals surface area contributed by atoms with Crippen molar-refractivity contribution in [3.05, 3.63) is 63.9 Å². The molecule has 0 spiro atoms. The second kappa shape index (κ2) is 10.7. The van der Waals surface area contributed by atoms with Gasteiger partial charge in [-0.1, -0.05) is 35.0 Å². The van der Waals surface area contributed by atoms with Gasteiger partial charge in [-0.15, -0.1) is 12.4 Å². The summed E-state index contributed by atoms with van der Waals surface area (Å²) < 4.78 is 19.8. The van der Waals surface area contributed by atoms with Gasteiger partial charge in [0.15, 0.2) is 0 Å². The molecule has 132 valence electrons. The topological polar surface area (TPSA) is 41.5 Å². The summed E-state index contributed by atoms with van der Waals surface area (Å²) in [5.41, 5.74) is 1.92. The summed E-state index contributed by atoms with van der Waals surface area (Å²) in [5, 5.41) is 12.6. The summed E-state index contributed by atoms with van der Waals surface area (Å²) in [4.78, 5) is 0. The van der Waals surface area contributed by atoms with Gasteiger partial charge in [0.1, 0.15) is 18.2 Å². The molecule has 0 saturated heterocycles. The largest absolute Gasteiger partial charge is 0.489 e. The van der Waals surface area contributed by atoms with Crippen molar-refractivity contribution in [2.75, 3.05) is 6.61 Å². The smallest absolute Gasteiger partial charge is 0.124 e. The maximum Gasteiger partial charge on any atom is 0.124 e. The lowest BCUT2D eigenvalue weighted by atomic mass is 10.1. The first-order valence-corrected chi connectivity index (χ1v) is 8.41. The van der Waals surface area contributed by atoms with E-state index in [0.717, 1.165) is 27.8 Å². The molecule has 3 nitrogen and oxygen atoms in total. The standard InChI is InChI=1S/C18H21BrFNO2.ClH/c1-2-17(11-22)21-10-14-9-15(19)5-8-18(14)23-12-13-3-6-16(20)7-4-13;/h3-9,17,21-22H,2,10-12H2,1H3;1H. The van der Waals surface area contributed by atoms with Gasteiger partial charge in [0, 0.05) is 22.6 Å². The molecule has 0 amide bonds. The van der Waals surface area contributed by atoms with Crippen LogP contribution in [-0.2, 0) is 13.2 Å². The molecule has 0 aliphatic rings. The van der Waals surface area contributed by atoms with Crippen LogP contribution in [0, 0.1) is 5.82 Å². The third-order valence-electron chi connectivity index (χ3n) is 3.62. The molecule has 1 unspecified atom stereocenters. The number of benzene rings is 2. The Morgan fingerprint density at radius 1 is 1.21 bits per heavy atom. The van der Waals surface area contributed by atoms with Crippen LogP contribution in [0.4, 0.5) is 4.39 Å². The Hall–Kier alpha value is -1.14. The van der Waals surface area contributed by atoms with Crippen molar-refractivity contribution >= 4 is 28.3 Å². The van der Waals surface area contributed by atoms with E-state index in [2.05, 4.69) is 21.2 Å². The van der Waals surface area contributed by atoms with Crippen LogP contribution in [0.2, 0.25) is 0 Å². The van der Waals surface area contributed by atoms with Gasteiger partial charge in [-0.2, -0.15) is 0 Å². The first-order chi connectivity index (χ1) is 11.1. The fourth-order valence-corrected chi connectivity index (χ4v) is 2.57. The summed E-state index contributed by atoms with van der Waals surface area (Å²) >= 11 is 3.47. The fourth-order valence-electron chi connectivity index (χ4n) is 2.16. The minimum absolute atomic E-state index is 0. The van der Waals surface area contributed by atoms with Gasteiger partial charge >= 0.3 is 0 Å². The van der Waals surface area contributed by atoms with Gasteiger partial charge in [-0.25, -0.2) is 4.39 Å². The number of hydrogen-bond donors (Lipinski definition) is 2. The zero-order valence-corrected chi connectivity index (χ0v) is 15.9. The molecule has 0 bridgehead atoms. The Kier molecular flexibility index (Phi) is 9.29. The third kappa shape index (κ3) is 6.40. The molecule has 0 heterocycles. The van der Waals surface area contributed by atoms with Gasteiger partial charge < -0.3 is 15.2 Å². The van der Waals surface area contributed by atoms with E-state index in [9.17, 15) is 9.50 Å². The normalized spacial score (nSPS) is 11.7. The molecule has 0 radical (unpaired) electrons. The lowest BCUT2D eigenvalue weighted by Crippen LogP contribution is -2.31. The van der Waals surface area contributed by atoms with Crippen LogP contribution in [0.5, 0.6) is 5.75 Å². The zero-order chi connectivity index (χ0) is 16.7. The Bertz CT molecular complexity index is 621. The minimum Gasteiger partial charge on any atom is -0.489 e. The molecule has 2 N–H and O–H groups in total. The van der Waals surface area contributed by atoms with Crippen molar-refractivity contribution in [2.45, 2.75) is 32.5 Å². The van der Waals surface area contributed by atoms with Crippen LogP contribution in [0.25, 0.3) is 0 Å². The summed E-state index contributed by atoms with van der Waals surface area (Å²) in [6.07, 6.45) is 0.857. The molecule has 2 aromatic rings. The first kappa shape index (κ1) is 20.9. The average molecular weight is 419 g/mol. The van der Waals surface area contributed by atoms with Crippen LogP contribution in [0.1, 0.15) is 24.5 Å². The fraction of sp³-hybridized carbons (Fsp3) is 0.333. The zero-order valence-electron chi connectivity index (χ0n) is 13.5. The lowest BCUT2D eigenvalue weighted by molar-refractivity contribution is 0.237. The van der Waals surface area contributed by atoms with Gasteiger partial charge in [-0.3, -0.25) is 0 Å². The average Bonchev–Trinajstić information content (AvgIpc) is 2.56. The highest BCUT2D eigenvalue weighted by molar-refractivity contribution is 9.10. The molecule has 6 heteroatoms. The quantitative estimate of drug-likeness (QED) is 0.665. The summed E-state index contributed by atoms with van der Waals surface area (Å²) in [6, 6.07) is 12.2.